The molecule has 0 radical (unpaired) electrons. The summed E-state index contributed by atoms with van der Waals surface area (Å²) in [5, 5.41) is 0. The number of hydrogen-bond donors (Lipinski definition) is 0. The van der Waals surface area contributed by atoms with Gasteiger partial charge in [-0.1, -0.05) is 31.1 Å². The van der Waals surface area contributed by atoms with E-state index in [4.69, 9.17) is 0 Å². The standard InChI is InChI=1S/C15H22O/c1-3-7-13(16)14-12(2)8-6-11-15(14)9-4-5-10-15/h3,7,14H,2,4-6,8-11H2,1H3. The highest BCUT2D eigenvalue weighted by Gasteiger charge is 2.46. The minimum absolute atomic E-state index is 0.125. The van der Waals surface area contributed by atoms with Crippen LogP contribution in [0.2, 0.25) is 0 Å². The lowest BCUT2D eigenvalue weighted by molar-refractivity contribution is -0.121. The number of carbonyl (C=O) groups excluding carboxylic acids is 1. The van der Waals surface area contributed by atoms with Crippen LogP contribution in [0.3, 0.4) is 0 Å². The molecule has 2 fully saturated rings. The van der Waals surface area contributed by atoms with E-state index >= 15 is 0 Å². The summed E-state index contributed by atoms with van der Waals surface area (Å²) in [6.45, 7) is 6.08. The molecule has 0 aromatic carbocycles. The highest BCUT2D eigenvalue weighted by molar-refractivity contribution is 5.94. The number of hydrogen-bond acceptors (Lipinski definition) is 1. The quantitative estimate of drug-likeness (QED) is 0.505. The van der Waals surface area contributed by atoms with E-state index in [1.165, 1.54) is 44.1 Å². The van der Waals surface area contributed by atoms with Gasteiger partial charge < -0.3 is 0 Å². The highest BCUT2D eigenvalue weighted by Crippen LogP contribution is 2.54. The fourth-order valence-electron chi connectivity index (χ4n) is 3.77. The molecule has 1 heteroatoms. The molecule has 1 nitrogen and oxygen atoms in total. The predicted octanol–water partition coefficient (Wildman–Crippen LogP) is 4.05. The fourth-order valence-corrected chi connectivity index (χ4v) is 3.77. The zero-order valence-electron chi connectivity index (χ0n) is 10.3. The van der Waals surface area contributed by atoms with Gasteiger partial charge in [0.25, 0.3) is 0 Å². The van der Waals surface area contributed by atoms with Crippen LogP contribution >= 0.6 is 0 Å². The van der Waals surface area contributed by atoms with Crippen molar-refractivity contribution in [2.75, 3.05) is 0 Å². The Bertz CT molecular complexity index is 318. The van der Waals surface area contributed by atoms with Crippen LogP contribution in [0.4, 0.5) is 0 Å². The predicted molar refractivity (Wildman–Crippen MR) is 67.2 cm³/mol. The summed E-state index contributed by atoms with van der Waals surface area (Å²) in [5.74, 6) is 0.425. The van der Waals surface area contributed by atoms with Crippen molar-refractivity contribution in [3.63, 3.8) is 0 Å². The molecule has 0 saturated heterocycles. The van der Waals surface area contributed by atoms with Crippen molar-refractivity contribution in [3.05, 3.63) is 24.3 Å². The molecule has 1 unspecified atom stereocenters. The van der Waals surface area contributed by atoms with Gasteiger partial charge in [0.2, 0.25) is 0 Å². The highest BCUT2D eigenvalue weighted by atomic mass is 16.1. The van der Waals surface area contributed by atoms with Crippen molar-refractivity contribution in [1.29, 1.82) is 0 Å². The second-order valence-corrected chi connectivity index (χ2v) is 5.42. The van der Waals surface area contributed by atoms with Crippen LogP contribution in [0.15, 0.2) is 24.3 Å². The summed E-state index contributed by atoms with van der Waals surface area (Å²) >= 11 is 0. The average Bonchev–Trinajstić information content (AvgIpc) is 2.67. The normalized spacial score (nSPS) is 29.1. The Morgan fingerprint density at radius 2 is 1.94 bits per heavy atom. The van der Waals surface area contributed by atoms with Crippen LogP contribution in [0.25, 0.3) is 0 Å². The van der Waals surface area contributed by atoms with E-state index in [1.54, 1.807) is 6.08 Å². The molecule has 2 rings (SSSR count). The zero-order valence-corrected chi connectivity index (χ0v) is 10.3. The van der Waals surface area contributed by atoms with E-state index in [-0.39, 0.29) is 11.3 Å². The summed E-state index contributed by atoms with van der Waals surface area (Å²) in [5.41, 5.74) is 1.47. The zero-order chi connectivity index (χ0) is 11.6. The van der Waals surface area contributed by atoms with Gasteiger partial charge in [-0.2, -0.15) is 0 Å². The molecule has 0 aliphatic heterocycles. The molecule has 0 N–H and O–H groups in total. The Morgan fingerprint density at radius 3 is 2.56 bits per heavy atom. The number of allylic oxidation sites excluding steroid dienone is 3. The first kappa shape index (κ1) is 11.6. The number of rotatable bonds is 2. The van der Waals surface area contributed by atoms with Gasteiger partial charge in [-0.25, -0.2) is 0 Å². The van der Waals surface area contributed by atoms with Gasteiger partial charge in [0.05, 0.1) is 0 Å². The monoisotopic (exact) mass is 218 g/mol. The Kier molecular flexibility index (Phi) is 3.32. The summed E-state index contributed by atoms with van der Waals surface area (Å²) in [7, 11) is 0. The molecule has 88 valence electrons. The van der Waals surface area contributed by atoms with Gasteiger partial charge in [-0.3, -0.25) is 4.79 Å². The van der Waals surface area contributed by atoms with Crippen molar-refractivity contribution in [3.8, 4) is 0 Å². The Morgan fingerprint density at radius 1 is 1.31 bits per heavy atom. The van der Waals surface area contributed by atoms with Crippen molar-refractivity contribution in [1.82, 2.24) is 0 Å². The molecular formula is C15H22O. The second-order valence-electron chi connectivity index (χ2n) is 5.42. The second kappa shape index (κ2) is 4.57. The summed E-state index contributed by atoms with van der Waals surface area (Å²) < 4.78 is 0. The third kappa shape index (κ3) is 1.88. The molecule has 2 aliphatic rings. The van der Waals surface area contributed by atoms with Crippen molar-refractivity contribution in [2.45, 2.75) is 51.9 Å². The topological polar surface area (TPSA) is 17.1 Å². The lowest BCUT2D eigenvalue weighted by Gasteiger charge is -2.41. The molecule has 0 bridgehead atoms. The molecule has 1 atom stereocenters. The summed E-state index contributed by atoms with van der Waals surface area (Å²) in [6, 6.07) is 0. The fraction of sp³-hybridized carbons (Fsp3) is 0.667. The van der Waals surface area contributed by atoms with Crippen LogP contribution in [-0.2, 0) is 4.79 Å². The van der Waals surface area contributed by atoms with E-state index in [0.29, 0.717) is 5.78 Å². The van der Waals surface area contributed by atoms with Gasteiger partial charge in [0.15, 0.2) is 5.78 Å². The Labute approximate surface area is 98.6 Å². The van der Waals surface area contributed by atoms with E-state index in [0.717, 1.165) is 6.42 Å². The van der Waals surface area contributed by atoms with Crippen LogP contribution in [0.1, 0.15) is 51.9 Å². The van der Waals surface area contributed by atoms with Crippen molar-refractivity contribution >= 4 is 5.78 Å². The first-order chi connectivity index (χ1) is 7.69. The lowest BCUT2D eigenvalue weighted by Crippen LogP contribution is -2.37. The summed E-state index contributed by atoms with van der Waals surface area (Å²) in [6.07, 6.45) is 12.2. The molecule has 16 heavy (non-hydrogen) atoms. The molecule has 1 spiro atoms. The molecule has 2 saturated carbocycles. The van der Waals surface area contributed by atoms with Gasteiger partial charge in [-0.15, -0.1) is 0 Å². The third-order valence-corrected chi connectivity index (χ3v) is 4.41. The maximum Gasteiger partial charge on any atom is 0.163 e. The molecule has 0 aromatic rings. The Balaban J connectivity index is 2.27. The largest absolute Gasteiger partial charge is 0.294 e. The van der Waals surface area contributed by atoms with Gasteiger partial charge in [-0.05, 0) is 50.5 Å². The molecule has 0 amide bonds. The first-order valence-corrected chi connectivity index (χ1v) is 6.54. The van der Waals surface area contributed by atoms with Crippen LogP contribution in [-0.4, -0.2) is 5.78 Å². The SMILES string of the molecule is C=C1CCCC2(CCCC2)C1C(=O)C=CC. The van der Waals surface area contributed by atoms with E-state index in [9.17, 15) is 4.79 Å². The van der Waals surface area contributed by atoms with Crippen LogP contribution < -0.4 is 0 Å². The van der Waals surface area contributed by atoms with Gasteiger partial charge in [0.1, 0.15) is 0 Å². The summed E-state index contributed by atoms with van der Waals surface area (Å²) in [4.78, 5) is 12.2. The van der Waals surface area contributed by atoms with E-state index in [1.807, 2.05) is 13.0 Å². The minimum Gasteiger partial charge on any atom is -0.294 e. The lowest BCUT2D eigenvalue weighted by atomic mass is 9.62. The minimum atomic E-state index is 0.125. The smallest absolute Gasteiger partial charge is 0.163 e. The van der Waals surface area contributed by atoms with Crippen molar-refractivity contribution in [2.24, 2.45) is 11.3 Å². The maximum absolute atomic E-state index is 12.2. The van der Waals surface area contributed by atoms with Crippen molar-refractivity contribution < 1.29 is 4.79 Å². The molecule has 0 heterocycles. The Hall–Kier alpha value is -0.850. The van der Waals surface area contributed by atoms with Crippen LogP contribution in [0, 0.1) is 11.3 Å². The number of ketones is 1. The molecule has 0 aromatic heterocycles. The van der Waals surface area contributed by atoms with Gasteiger partial charge in [0, 0.05) is 5.92 Å². The van der Waals surface area contributed by atoms with E-state index < -0.39 is 0 Å². The number of carbonyl (C=O) groups is 1. The average molecular weight is 218 g/mol. The first-order valence-electron chi connectivity index (χ1n) is 6.54. The van der Waals surface area contributed by atoms with E-state index in [2.05, 4.69) is 6.58 Å². The van der Waals surface area contributed by atoms with Crippen LogP contribution in [0.5, 0.6) is 0 Å². The maximum atomic E-state index is 12.2. The molecule has 2 aliphatic carbocycles. The molecular weight excluding hydrogens is 196 g/mol. The van der Waals surface area contributed by atoms with Gasteiger partial charge >= 0.3 is 0 Å². The third-order valence-electron chi connectivity index (χ3n) is 4.41.